The molecule has 0 aromatic rings. The van der Waals surface area contributed by atoms with E-state index in [4.69, 9.17) is 4.74 Å². The Labute approximate surface area is 87.7 Å². The van der Waals surface area contributed by atoms with Crippen molar-refractivity contribution in [3.8, 4) is 0 Å². The van der Waals surface area contributed by atoms with Crippen molar-refractivity contribution in [2.45, 2.75) is 52.6 Å². The van der Waals surface area contributed by atoms with Gasteiger partial charge in [-0.05, 0) is 37.0 Å². The highest BCUT2D eigenvalue weighted by Crippen LogP contribution is 2.26. The summed E-state index contributed by atoms with van der Waals surface area (Å²) in [5, 5.41) is 9.88. The Morgan fingerprint density at radius 1 is 1.43 bits per heavy atom. The number of ether oxygens (including phenoxy) is 1. The third kappa shape index (κ3) is 3.97. The first kappa shape index (κ1) is 12.0. The molecular weight excluding hydrogens is 176 g/mol. The molecule has 0 amide bonds. The molecular formula is C12H24O2. The standard InChI is InChI=1S/C12H24O2/c1-12(2,3)11(13)7-6-10-5-4-8-14-9-10/h10-11,13H,4-9H2,1-3H3. The van der Waals surface area contributed by atoms with E-state index in [0.29, 0.717) is 5.92 Å². The topological polar surface area (TPSA) is 29.5 Å². The number of aliphatic hydroxyl groups is 1. The van der Waals surface area contributed by atoms with Crippen LogP contribution in [-0.2, 0) is 4.74 Å². The summed E-state index contributed by atoms with van der Waals surface area (Å²) >= 11 is 0. The van der Waals surface area contributed by atoms with Crippen LogP contribution in [0.3, 0.4) is 0 Å². The molecule has 0 aromatic heterocycles. The van der Waals surface area contributed by atoms with Crippen LogP contribution in [0, 0.1) is 11.3 Å². The SMILES string of the molecule is CC(C)(C)C(O)CCC1CCCOC1. The van der Waals surface area contributed by atoms with Gasteiger partial charge in [0.25, 0.3) is 0 Å². The molecule has 0 aliphatic carbocycles. The van der Waals surface area contributed by atoms with Crippen molar-refractivity contribution in [2.75, 3.05) is 13.2 Å². The fourth-order valence-corrected chi connectivity index (χ4v) is 1.86. The normalized spacial score (nSPS) is 26.1. The van der Waals surface area contributed by atoms with Crippen LogP contribution in [-0.4, -0.2) is 24.4 Å². The van der Waals surface area contributed by atoms with Crippen molar-refractivity contribution in [1.82, 2.24) is 0 Å². The third-order valence-corrected chi connectivity index (χ3v) is 3.10. The lowest BCUT2D eigenvalue weighted by Crippen LogP contribution is -2.27. The minimum atomic E-state index is -0.176. The molecule has 0 aromatic carbocycles. The fraction of sp³-hybridized carbons (Fsp3) is 1.00. The Balaban J connectivity index is 2.19. The predicted molar refractivity (Wildman–Crippen MR) is 58.2 cm³/mol. The van der Waals surface area contributed by atoms with Crippen LogP contribution in [0.4, 0.5) is 0 Å². The van der Waals surface area contributed by atoms with Gasteiger partial charge < -0.3 is 9.84 Å². The average molecular weight is 200 g/mol. The molecule has 2 atom stereocenters. The minimum Gasteiger partial charge on any atom is -0.393 e. The maximum absolute atomic E-state index is 9.88. The van der Waals surface area contributed by atoms with Gasteiger partial charge in [0.2, 0.25) is 0 Å². The van der Waals surface area contributed by atoms with Gasteiger partial charge in [-0.25, -0.2) is 0 Å². The van der Waals surface area contributed by atoms with E-state index < -0.39 is 0 Å². The molecule has 0 bridgehead atoms. The smallest absolute Gasteiger partial charge is 0.0588 e. The summed E-state index contributed by atoms with van der Waals surface area (Å²) in [7, 11) is 0. The Bertz CT molecular complexity index is 154. The van der Waals surface area contributed by atoms with E-state index in [9.17, 15) is 5.11 Å². The van der Waals surface area contributed by atoms with Gasteiger partial charge in [0, 0.05) is 13.2 Å². The first-order valence-electron chi connectivity index (χ1n) is 5.76. The molecule has 2 heteroatoms. The number of hydrogen-bond donors (Lipinski definition) is 1. The fourth-order valence-electron chi connectivity index (χ4n) is 1.86. The summed E-state index contributed by atoms with van der Waals surface area (Å²) in [6.07, 6.45) is 4.31. The minimum absolute atomic E-state index is 0.0233. The lowest BCUT2D eigenvalue weighted by molar-refractivity contribution is 0.0231. The van der Waals surface area contributed by atoms with E-state index in [0.717, 1.165) is 26.1 Å². The summed E-state index contributed by atoms with van der Waals surface area (Å²) in [6, 6.07) is 0. The Morgan fingerprint density at radius 2 is 2.14 bits per heavy atom. The van der Waals surface area contributed by atoms with Gasteiger partial charge in [0.15, 0.2) is 0 Å². The molecule has 0 saturated carbocycles. The van der Waals surface area contributed by atoms with Gasteiger partial charge >= 0.3 is 0 Å². The molecule has 1 saturated heterocycles. The summed E-state index contributed by atoms with van der Waals surface area (Å²) in [5.41, 5.74) is 0.0233. The van der Waals surface area contributed by atoms with Crippen LogP contribution >= 0.6 is 0 Å². The third-order valence-electron chi connectivity index (χ3n) is 3.10. The van der Waals surface area contributed by atoms with E-state index in [2.05, 4.69) is 20.8 Å². The van der Waals surface area contributed by atoms with E-state index in [1.54, 1.807) is 0 Å². The molecule has 14 heavy (non-hydrogen) atoms. The zero-order chi connectivity index (χ0) is 10.6. The first-order valence-corrected chi connectivity index (χ1v) is 5.76. The maximum Gasteiger partial charge on any atom is 0.0588 e. The van der Waals surface area contributed by atoms with Crippen LogP contribution < -0.4 is 0 Å². The average Bonchev–Trinajstić information content (AvgIpc) is 2.14. The molecule has 2 unspecified atom stereocenters. The number of rotatable bonds is 3. The van der Waals surface area contributed by atoms with Gasteiger partial charge in [-0.15, -0.1) is 0 Å². The van der Waals surface area contributed by atoms with E-state index >= 15 is 0 Å². The van der Waals surface area contributed by atoms with Crippen LogP contribution in [0.1, 0.15) is 46.5 Å². The van der Waals surface area contributed by atoms with Crippen LogP contribution in [0.5, 0.6) is 0 Å². The lowest BCUT2D eigenvalue weighted by atomic mass is 9.84. The van der Waals surface area contributed by atoms with Crippen LogP contribution in [0.15, 0.2) is 0 Å². The zero-order valence-electron chi connectivity index (χ0n) is 9.75. The quantitative estimate of drug-likeness (QED) is 0.759. The van der Waals surface area contributed by atoms with Crippen molar-refractivity contribution in [2.24, 2.45) is 11.3 Å². The van der Waals surface area contributed by atoms with Gasteiger partial charge in [-0.2, -0.15) is 0 Å². The van der Waals surface area contributed by atoms with Gasteiger partial charge in [0.1, 0.15) is 0 Å². The van der Waals surface area contributed by atoms with E-state index in [-0.39, 0.29) is 11.5 Å². The Hall–Kier alpha value is -0.0800. The summed E-state index contributed by atoms with van der Waals surface area (Å²) in [5.74, 6) is 0.681. The van der Waals surface area contributed by atoms with Crippen molar-refractivity contribution < 1.29 is 9.84 Å². The van der Waals surface area contributed by atoms with Crippen molar-refractivity contribution in [3.63, 3.8) is 0 Å². The van der Waals surface area contributed by atoms with Crippen molar-refractivity contribution in [3.05, 3.63) is 0 Å². The second kappa shape index (κ2) is 5.13. The van der Waals surface area contributed by atoms with Gasteiger partial charge in [-0.3, -0.25) is 0 Å². The van der Waals surface area contributed by atoms with Gasteiger partial charge in [0.05, 0.1) is 6.10 Å². The second-order valence-electron chi connectivity index (χ2n) is 5.54. The molecule has 1 aliphatic heterocycles. The highest BCUT2D eigenvalue weighted by atomic mass is 16.5. The molecule has 84 valence electrons. The van der Waals surface area contributed by atoms with Gasteiger partial charge in [-0.1, -0.05) is 20.8 Å². The lowest BCUT2D eigenvalue weighted by Gasteiger charge is -2.28. The highest BCUT2D eigenvalue weighted by Gasteiger charge is 2.23. The van der Waals surface area contributed by atoms with Crippen molar-refractivity contribution in [1.29, 1.82) is 0 Å². The van der Waals surface area contributed by atoms with Crippen LogP contribution in [0.2, 0.25) is 0 Å². The largest absolute Gasteiger partial charge is 0.393 e. The molecule has 1 fully saturated rings. The zero-order valence-corrected chi connectivity index (χ0v) is 9.75. The molecule has 2 nitrogen and oxygen atoms in total. The summed E-state index contributed by atoms with van der Waals surface area (Å²) in [4.78, 5) is 0. The predicted octanol–water partition coefficient (Wildman–Crippen LogP) is 2.60. The summed E-state index contributed by atoms with van der Waals surface area (Å²) in [6.45, 7) is 8.11. The molecule has 1 rings (SSSR count). The Morgan fingerprint density at radius 3 is 2.64 bits per heavy atom. The first-order chi connectivity index (χ1) is 6.50. The molecule has 0 spiro atoms. The van der Waals surface area contributed by atoms with Crippen molar-refractivity contribution >= 4 is 0 Å². The second-order valence-corrected chi connectivity index (χ2v) is 5.54. The van der Waals surface area contributed by atoms with Crippen LogP contribution in [0.25, 0.3) is 0 Å². The molecule has 1 N–H and O–H groups in total. The molecule has 0 radical (unpaired) electrons. The highest BCUT2D eigenvalue weighted by molar-refractivity contribution is 4.74. The summed E-state index contributed by atoms with van der Waals surface area (Å²) < 4.78 is 5.42. The Kier molecular flexibility index (Phi) is 4.39. The molecule has 1 heterocycles. The number of hydrogen-bond acceptors (Lipinski definition) is 2. The van der Waals surface area contributed by atoms with E-state index in [1.165, 1.54) is 12.8 Å². The molecule has 1 aliphatic rings. The maximum atomic E-state index is 9.88. The monoisotopic (exact) mass is 200 g/mol. The number of aliphatic hydroxyl groups excluding tert-OH is 1. The van der Waals surface area contributed by atoms with E-state index in [1.807, 2.05) is 0 Å².